The summed E-state index contributed by atoms with van der Waals surface area (Å²) in [6.45, 7) is 2.02. The lowest BCUT2D eigenvalue weighted by Crippen LogP contribution is -2.14. The van der Waals surface area contributed by atoms with Crippen LogP contribution in [0.2, 0.25) is 0 Å². The van der Waals surface area contributed by atoms with Gasteiger partial charge in [0.1, 0.15) is 0 Å². The molecule has 2 aromatic rings. The zero-order chi connectivity index (χ0) is 14.7. The van der Waals surface area contributed by atoms with E-state index in [1.807, 2.05) is 25.1 Å². The van der Waals surface area contributed by atoms with Gasteiger partial charge in [0, 0.05) is 22.6 Å². The number of aryl methyl sites for hydroxylation is 1. The van der Waals surface area contributed by atoms with Crippen molar-refractivity contribution in [2.45, 2.75) is 19.4 Å². The summed E-state index contributed by atoms with van der Waals surface area (Å²) < 4.78 is 1.03. The van der Waals surface area contributed by atoms with Crippen molar-refractivity contribution in [3.63, 3.8) is 0 Å². The van der Waals surface area contributed by atoms with E-state index in [4.69, 9.17) is 5.73 Å². The number of benzene rings is 2. The summed E-state index contributed by atoms with van der Waals surface area (Å²) in [6, 6.07) is 12.4. The molecular formula is C15H15BrN2O2. The van der Waals surface area contributed by atoms with Gasteiger partial charge in [0.25, 0.3) is 5.69 Å². The molecule has 0 amide bonds. The molecule has 5 heteroatoms. The van der Waals surface area contributed by atoms with Crippen molar-refractivity contribution in [3.05, 3.63) is 73.7 Å². The standard InChI is InChI=1S/C15H15BrN2O2/c1-10-8-12(16)4-7-14(10)15(17)9-11-2-5-13(6-3-11)18(19)20/h2-8,15H,9,17H2,1H3. The molecule has 2 rings (SSSR count). The van der Waals surface area contributed by atoms with Crippen LogP contribution in [-0.2, 0) is 6.42 Å². The van der Waals surface area contributed by atoms with E-state index in [0.29, 0.717) is 6.42 Å². The lowest BCUT2D eigenvalue weighted by Gasteiger charge is -2.15. The minimum Gasteiger partial charge on any atom is -0.324 e. The molecule has 0 aliphatic carbocycles. The predicted molar refractivity (Wildman–Crippen MR) is 82.6 cm³/mol. The topological polar surface area (TPSA) is 69.2 Å². The normalized spacial score (nSPS) is 12.2. The predicted octanol–water partition coefficient (Wildman–Crippen LogP) is 3.91. The van der Waals surface area contributed by atoms with E-state index in [1.165, 1.54) is 12.1 Å². The lowest BCUT2D eigenvalue weighted by molar-refractivity contribution is -0.384. The van der Waals surface area contributed by atoms with Crippen LogP contribution in [0.5, 0.6) is 0 Å². The molecule has 0 bridgehead atoms. The van der Waals surface area contributed by atoms with E-state index < -0.39 is 4.92 Å². The number of nitrogens with two attached hydrogens (primary N) is 1. The van der Waals surface area contributed by atoms with Crippen molar-refractivity contribution >= 4 is 21.6 Å². The second-order valence-corrected chi connectivity index (χ2v) is 5.65. The minimum atomic E-state index is -0.400. The second kappa shape index (κ2) is 6.15. The molecule has 4 nitrogen and oxygen atoms in total. The third-order valence-electron chi connectivity index (χ3n) is 3.23. The van der Waals surface area contributed by atoms with Crippen molar-refractivity contribution in [2.75, 3.05) is 0 Å². The summed E-state index contributed by atoms with van der Waals surface area (Å²) >= 11 is 3.43. The molecule has 0 aliphatic rings. The SMILES string of the molecule is Cc1cc(Br)ccc1C(N)Cc1ccc([N+](=O)[O-])cc1. The van der Waals surface area contributed by atoms with Gasteiger partial charge in [-0.2, -0.15) is 0 Å². The van der Waals surface area contributed by atoms with Gasteiger partial charge in [-0.3, -0.25) is 10.1 Å². The fourth-order valence-corrected chi connectivity index (χ4v) is 2.65. The van der Waals surface area contributed by atoms with Crippen LogP contribution < -0.4 is 5.73 Å². The molecule has 0 radical (unpaired) electrons. The number of hydrogen-bond donors (Lipinski definition) is 1. The summed E-state index contributed by atoms with van der Waals surface area (Å²) in [4.78, 5) is 10.2. The average Bonchev–Trinajstić information content (AvgIpc) is 2.39. The third kappa shape index (κ3) is 3.43. The first kappa shape index (κ1) is 14.7. The van der Waals surface area contributed by atoms with Crippen molar-refractivity contribution in [2.24, 2.45) is 5.73 Å². The molecular weight excluding hydrogens is 320 g/mol. The number of nitro benzene ring substituents is 1. The molecule has 0 heterocycles. The van der Waals surface area contributed by atoms with Crippen LogP contribution in [-0.4, -0.2) is 4.92 Å². The highest BCUT2D eigenvalue weighted by atomic mass is 79.9. The maximum absolute atomic E-state index is 10.6. The molecule has 2 N–H and O–H groups in total. The van der Waals surface area contributed by atoms with Gasteiger partial charge in [0.15, 0.2) is 0 Å². The average molecular weight is 335 g/mol. The van der Waals surface area contributed by atoms with Crippen LogP contribution in [0.4, 0.5) is 5.69 Å². The summed E-state index contributed by atoms with van der Waals surface area (Å²) in [5.41, 5.74) is 9.54. The first-order valence-electron chi connectivity index (χ1n) is 6.22. The van der Waals surface area contributed by atoms with E-state index in [2.05, 4.69) is 15.9 Å². The molecule has 0 aromatic heterocycles. The van der Waals surface area contributed by atoms with Crippen LogP contribution in [0.15, 0.2) is 46.9 Å². The number of nitro groups is 1. The number of rotatable bonds is 4. The molecule has 2 aromatic carbocycles. The van der Waals surface area contributed by atoms with Gasteiger partial charge in [-0.1, -0.05) is 34.1 Å². The maximum atomic E-state index is 10.6. The Labute approximate surface area is 125 Å². The Bertz CT molecular complexity index is 626. The summed E-state index contributed by atoms with van der Waals surface area (Å²) in [5.74, 6) is 0. The largest absolute Gasteiger partial charge is 0.324 e. The number of nitrogens with zero attached hydrogens (tertiary/aromatic N) is 1. The molecule has 1 atom stereocenters. The summed E-state index contributed by atoms with van der Waals surface area (Å²) in [6.07, 6.45) is 0.653. The Morgan fingerprint density at radius 2 is 1.90 bits per heavy atom. The van der Waals surface area contributed by atoms with Crippen molar-refractivity contribution in [1.82, 2.24) is 0 Å². The number of halogens is 1. The summed E-state index contributed by atoms with van der Waals surface area (Å²) in [5, 5.41) is 10.6. The van der Waals surface area contributed by atoms with E-state index in [1.54, 1.807) is 12.1 Å². The maximum Gasteiger partial charge on any atom is 0.269 e. The van der Waals surface area contributed by atoms with E-state index >= 15 is 0 Å². The Hall–Kier alpha value is -1.72. The van der Waals surface area contributed by atoms with E-state index in [9.17, 15) is 10.1 Å². The van der Waals surface area contributed by atoms with Gasteiger partial charge in [0.05, 0.1) is 4.92 Å². The molecule has 0 saturated carbocycles. The van der Waals surface area contributed by atoms with Crippen LogP contribution in [0, 0.1) is 17.0 Å². The third-order valence-corrected chi connectivity index (χ3v) is 3.73. The van der Waals surface area contributed by atoms with Crippen molar-refractivity contribution in [3.8, 4) is 0 Å². The van der Waals surface area contributed by atoms with Crippen LogP contribution in [0.25, 0.3) is 0 Å². The minimum absolute atomic E-state index is 0.0992. The Balaban J connectivity index is 2.14. The van der Waals surface area contributed by atoms with Crippen LogP contribution in [0.3, 0.4) is 0 Å². The molecule has 0 fully saturated rings. The fourth-order valence-electron chi connectivity index (χ4n) is 2.17. The molecule has 20 heavy (non-hydrogen) atoms. The highest BCUT2D eigenvalue weighted by Gasteiger charge is 2.11. The molecule has 1 unspecified atom stereocenters. The van der Waals surface area contributed by atoms with E-state index in [-0.39, 0.29) is 11.7 Å². The zero-order valence-corrected chi connectivity index (χ0v) is 12.6. The van der Waals surface area contributed by atoms with Crippen molar-refractivity contribution in [1.29, 1.82) is 0 Å². The monoisotopic (exact) mass is 334 g/mol. The highest BCUT2D eigenvalue weighted by Crippen LogP contribution is 2.23. The Kier molecular flexibility index (Phi) is 4.52. The fraction of sp³-hybridized carbons (Fsp3) is 0.200. The lowest BCUT2D eigenvalue weighted by atomic mass is 9.96. The van der Waals surface area contributed by atoms with Crippen LogP contribution >= 0.6 is 15.9 Å². The quantitative estimate of drug-likeness (QED) is 0.680. The second-order valence-electron chi connectivity index (χ2n) is 4.74. The first-order chi connectivity index (χ1) is 9.47. The van der Waals surface area contributed by atoms with E-state index in [0.717, 1.165) is 21.2 Å². The van der Waals surface area contributed by atoms with Crippen LogP contribution in [0.1, 0.15) is 22.7 Å². The Morgan fingerprint density at radius 1 is 1.25 bits per heavy atom. The summed E-state index contributed by atoms with van der Waals surface area (Å²) in [7, 11) is 0. The number of non-ortho nitro benzene ring substituents is 1. The number of hydrogen-bond acceptors (Lipinski definition) is 3. The van der Waals surface area contributed by atoms with Gasteiger partial charge in [0.2, 0.25) is 0 Å². The highest BCUT2D eigenvalue weighted by molar-refractivity contribution is 9.10. The molecule has 0 spiro atoms. The first-order valence-corrected chi connectivity index (χ1v) is 7.01. The molecule has 0 aliphatic heterocycles. The smallest absolute Gasteiger partial charge is 0.269 e. The molecule has 104 valence electrons. The molecule has 0 saturated heterocycles. The van der Waals surface area contributed by atoms with Gasteiger partial charge in [-0.15, -0.1) is 0 Å². The van der Waals surface area contributed by atoms with Gasteiger partial charge < -0.3 is 5.73 Å². The van der Waals surface area contributed by atoms with Gasteiger partial charge in [-0.25, -0.2) is 0 Å². The Morgan fingerprint density at radius 3 is 2.45 bits per heavy atom. The van der Waals surface area contributed by atoms with Gasteiger partial charge >= 0.3 is 0 Å². The zero-order valence-electron chi connectivity index (χ0n) is 11.0. The van der Waals surface area contributed by atoms with Crippen molar-refractivity contribution < 1.29 is 4.92 Å². The van der Waals surface area contributed by atoms with Gasteiger partial charge in [-0.05, 0) is 42.2 Å².